The van der Waals surface area contributed by atoms with Gasteiger partial charge in [-0.1, -0.05) is 18.2 Å². The molecular formula is C18H19N3O4. The summed E-state index contributed by atoms with van der Waals surface area (Å²) in [6, 6.07) is 11.8. The zero-order valence-corrected chi connectivity index (χ0v) is 13.8. The van der Waals surface area contributed by atoms with Crippen molar-refractivity contribution in [1.29, 1.82) is 0 Å². The van der Waals surface area contributed by atoms with E-state index in [1.807, 2.05) is 30.3 Å². The maximum absolute atomic E-state index is 12.7. The van der Waals surface area contributed by atoms with Gasteiger partial charge in [-0.2, -0.15) is 0 Å². The Bertz CT molecular complexity index is 749. The van der Waals surface area contributed by atoms with Gasteiger partial charge in [0.2, 0.25) is 11.8 Å². The maximum Gasteiger partial charge on any atom is 0.256 e. The van der Waals surface area contributed by atoms with Gasteiger partial charge in [0.15, 0.2) is 0 Å². The summed E-state index contributed by atoms with van der Waals surface area (Å²) >= 11 is 0. The zero-order valence-electron chi connectivity index (χ0n) is 13.8. The van der Waals surface area contributed by atoms with Crippen LogP contribution in [0.4, 0.5) is 0 Å². The van der Waals surface area contributed by atoms with Gasteiger partial charge in [-0.25, -0.2) is 4.98 Å². The number of ether oxygens (including phenoxy) is 2. The van der Waals surface area contributed by atoms with Crippen molar-refractivity contribution < 1.29 is 19.1 Å². The van der Waals surface area contributed by atoms with Crippen LogP contribution in [0, 0.1) is 0 Å². The number of para-hydroxylation sites is 1. The average Bonchev–Trinajstić information content (AvgIpc) is 3.06. The Morgan fingerprint density at radius 2 is 1.96 bits per heavy atom. The quantitative estimate of drug-likeness (QED) is 0.883. The number of amides is 2. The van der Waals surface area contributed by atoms with Gasteiger partial charge in [0.25, 0.3) is 5.91 Å². The van der Waals surface area contributed by atoms with Gasteiger partial charge >= 0.3 is 0 Å². The van der Waals surface area contributed by atoms with E-state index in [1.165, 1.54) is 18.2 Å². The molecule has 25 heavy (non-hydrogen) atoms. The minimum atomic E-state index is -0.705. The number of aromatic nitrogens is 1. The van der Waals surface area contributed by atoms with E-state index in [2.05, 4.69) is 4.98 Å². The Labute approximate surface area is 145 Å². The van der Waals surface area contributed by atoms with Crippen LogP contribution in [0.5, 0.6) is 11.6 Å². The molecule has 1 saturated heterocycles. The highest BCUT2D eigenvalue weighted by Gasteiger charge is 2.40. The van der Waals surface area contributed by atoms with Gasteiger partial charge in [-0.15, -0.1) is 0 Å². The molecule has 0 spiro atoms. The lowest BCUT2D eigenvalue weighted by Crippen LogP contribution is -2.43. The normalized spacial score (nSPS) is 19.5. The second-order valence-corrected chi connectivity index (χ2v) is 5.75. The van der Waals surface area contributed by atoms with Gasteiger partial charge in [0.1, 0.15) is 17.9 Å². The topological polar surface area (TPSA) is 94.7 Å². The standard InChI is InChI=1S/C18H19N3O4/c1-24-16-8-7-12(10-20-16)18(23)21-11-14(9-15(21)17(19)22)25-13-5-3-2-4-6-13/h2-8,10,14-15H,9,11H2,1H3,(H2,19,22)/t14-,15-/m0/s1. The van der Waals surface area contributed by atoms with Crippen LogP contribution in [-0.2, 0) is 4.79 Å². The van der Waals surface area contributed by atoms with Crippen molar-refractivity contribution in [2.45, 2.75) is 18.6 Å². The number of hydrogen-bond acceptors (Lipinski definition) is 5. The Morgan fingerprint density at radius 1 is 1.20 bits per heavy atom. The lowest BCUT2D eigenvalue weighted by molar-refractivity contribution is -0.121. The zero-order chi connectivity index (χ0) is 17.8. The van der Waals surface area contributed by atoms with Crippen LogP contribution in [0.1, 0.15) is 16.8 Å². The van der Waals surface area contributed by atoms with E-state index < -0.39 is 11.9 Å². The molecule has 1 aliphatic heterocycles. The van der Waals surface area contributed by atoms with Crippen molar-refractivity contribution in [3.8, 4) is 11.6 Å². The van der Waals surface area contributed by atoms with E-state index in [-0.39, 0.29) is 18.6 Å². The van der Waals surface area contributed by atoms with Gasteiger partial charge < -0.3 is 20.1 Å². The highest BCUT2D eigenvalue weighted by atomic mass is 16.5. The molecule has 0 saturated carbocycles. The first-order valence-corrected chi connectivity index (χ1v) is 7.90. The Hall–Kier alpha value is -3.09. The molecule has 0 unspecified atom stereocenters. The van der Waals surface area contributed by atoms with Crippen LogP contribution in [0.2, 0.25) is 0 Å². The number of carbonyl (C=O) groups excluding carboxylic acids is 2. The molecule has 7 nitrogen and oxygen atoms in total. The number of hydrogen-bond donors (Lipinski definition) is 1. The molecule has 0 aliphatic carbocycles. The SMILES string of the molecule is COc1ccc(C(=O)N2C[C@@H](Oc3ccccc3)C[C@H]2C(N)=O)cn1. The fourth-order valence-corrected chi connectivity index (χ4v) is 2.86. The minimum Gasteiger partial charge on any atom is -0.488 e. The van der Waals surface area contributed by atoms with Gasteiger partial charge in [-0.05, 0) is 18.2 Å². The summed E-state index contributed by atoms with van der Waals surface area (Å²) in [5.41, 5.74) is 5.85. The number of nitrogens with two attached hydrogens (primary N) is 1. The van der Waals surface area contributed by atoms with Crippen molar-refractivity contribution >= 4 is 11.8 Å². The van der Waals surface area contributed by atoms with Crippen molar-refractivity contribution in [3.63, 3.8) is 0 Å². The van der Waals surface area contributed by atoms with Crippen molar-refractivity contribution in [2.24, 2.45) is 5.73 Å². The second kappa shape index (κ2) is 7.21. The van der Waals surface area contributed by atoms with Crippen LogP contribution >= 0.6 is 0 Å². The number of nitrogens with zero attached hydrogens (tertiary/aromatic N) is 2. The fourth-order valence-electron chi connectivity index (χ4n) is 2.86. The molecule has 130 valence electrons. The third-order valence-electron chi connectivity index (χ3n) is 4.09. The van der Waals surface area contributed by atoms with E-state index in [0.717, 1.165) is 0 Å². The van der Waals surface area contributed by atoms with E-state index in [9.17, 15) is 9.59 Å². The predicted molar refractivity (Wildman–Crippen MR) is 90.3 cm³/mol. The van der Waals surface area contributed by atoms with Crippen LogP contribution in [0.3, 0.4) is 0 Å². The van der Waals surface area contributed by atoms with E-state index >= 15 is 0 Å². The van der Waals surface area contributed by atoms with Crippen LogP contribution in [0.15, 0.2) is 48.7 Å². The molecule has 1 fully saturated rings. The third kappa shape index (κ3) is 3.71. The summed E-state index contributed by atoms with van der Waals surface area (Å²) in [6.45, 7) is 0.285. The summed E-state index contributed by atoms with van der Waals surface area (Å²) in [4.78, 5) is 30.0. The number of rotatable bonds is 5. The Balaban J connectivity index is 1.76. The number of benzene rings is 1. The molecule has 3 rings (SSSR count). The number of methoxy groups -OCH3 is 1. The van der Waals surface area contributed by atoms with E-state index in [1.54, 1.807) is 12.1 Å². The van der Waals surface area contributed by atoms with Crippen LogP contribution in [-0.4, -0.2) is 47.5 Å². The third-order valence-corrected chi connectivity index (χ3v) is 4.09. The monoisotopic (exact) mass is 341 g/mol. The molecule has 1 aromatic carbocycles. The molecule has 2 atom stereocenters. The molecular weight excluding hydrogens is 322 g/mol. The second-order valence-electron chi connectivity index (χ2n) is 5.75. The van der Waals surface area contributed by atoms with Crippen LogP contribution < -0.4 is 15.2 Å². The molecule has 2 aromatic rings. The first-order chi connectivity index (χ1) is 12.1. The highest BCUT2D eigenvalue weighted by Crippen LogP contribution is 2.25. The van der Waals surface area contributed by atoms with E-state index in [4.69, 9.17) is 15.2 Å². The molecule has 2 N–H and O–H groups in total. The van der Waals surface area contributed by atoms with Crippen molar-refractivity contribution in [3.05, 3.63) is 54.2 Å². The molecule has 7 heteroatoms. The summed E-state index contributed by atoms with van der Waals surface area (Å²) in [6.07, 6.45) is 1.49. The number of carbonyl (C=O) groups is 2. The summed E-state index contributed by atoms with van der Waals surface area (Å²) < 4.78 is 10.9. The van der Waals surface area contributed by atoms with Crippen molar-refractivity contribution in [1.82, 2.24) is 9.88 Å². The summed E-state index contributed by atoms with van der Waals surface area (Å²) in [5, 5.41) is 0. The van der Waals surface area contributed by atoms with Gasteiger partial charge in [0, 0.05) is 18.7 Å². The number of pyridine rings is 1. The Morgan fingerprint density at radius 3 is 2.56 bits per heavy atom. The lowest BCUT2D eigenvalue weighted by atomic mass is 10.1. The highest BCUT2D eigenvalue weighted by molar-refractivity contribution is 5.97. The summed E-state index contributed by atoms with van der Waals surface area (Å²) in [5.74, 6) is 0.248. The summed E-state index contributed by atoms with van der Waals surface area (Å²) in [7, 11) is 1.50. The first-order valence-electron chi connectivity index (χ1n) is 7.90. The van der Waals surface area contributed by atoms with Crippen molar-refractivity contribution in [2.75, 3.05) is 13.7 Å². The molecule has 2 amide bonds. The van der Waals surface area contributed by atoms with Gasteiger partial charge in [0.05, 0.1) is 19.2 Å². The predicted octanol–water partition coefficient (Wildman–Crippen LogP) is 1.24. The molecule has 2 heterocycles. The first kappa shape index (κ1) is 16.8. The smallest absolute Gasteiger partial charge is 0.256 e. The maximum atomic E-state index is 12.7. The molecule has 1 aromatic heterocycles. The molecule has 0 bridgehead atoms. The van der Waals surface area contributed by atoms with Gasteiger partial charge in [-0.3, -0.25) is 9.59 Å². The van der Waals surface area contributed by atoms with Crippen LogP contribution in [0.25, 0.3) is 0 Å². The van der Waals surface area contributed by atoms with E-state index in [0.29, 0.717) is 23.6 Å². The average molecular weight is 341 g/mol. The minimum absolute atomic E-state index is 0.285. The Kier molecular flexibility index (Phi) is 4.83. The largest absolute Gasteiger partial charge is 0.488 e. The number of primary amides is 1. The molecule has 1 aliphatic rings. The lowest BCUT2D eigenvalue weighted by Gasteiger charge is -2.21. The molecule has 0 radical (unpaired) electrons. The fraction of sp³-hybridized carbons (Fsp3) is 0.278. The number of likely N-dealkylation sites (tertiary alicyclic amines) is 1.